The molecule has 2 aromatic carbocycles. The molecular weight excluding hydrogens is 370 g/mol. The van der Waals surface area contributed by atoms with Gasteiger partial charge in [-0.1, -0.05) is 30.3 Å². The Hall–Kier alpha value is -3.19. The van der Waals surface area contributed by atoms with Crippen LogP contribution < -0.4 is 4.90 Å². The number of benzene rings is 2. The van der Waals surface area contributed by atoms with Gasteiger partial charge in [0.05, 0.1) is 24.5 Å². The summed E-state index contributed by atoms with van der Waals surface area (Å²) in [5.74, 6) is -0.264. The van der Waals surface area contributed by atoms with E-state index in [0.717, 1.165) is 5.56 Å². The van der Waals surface area contributed by atoms with Crippen molar-refractivity contribution in [2.24, 2.45) is 0 Å². The molecule has 3 amide bonds. The van der Waals surface area contributed by atoms with Crippen LogP contribution in [0.3, 0.4) is 0 Å². The lowest BCUT2D eigenvalue weighted by Gasteiger charge is -2.41. The molecule has 0 bridgehead atoms. The van der Waals surface area contributed by atoms with E-state index in [0.29, 0.717) is 43.1 Å². The third kappa shape index (κ3) is 2.81. The van der Waals surface area contributed by atoms with Gasteiger partial charge in [-0.05, 0) is 18.2 Å². The predicted molar refractivity (Wildman–Crippen MR) is 105 cm³/mol. The lowest BCUT2D eigenvalue weighted by Crippen LogP contribution is -2.49. The lowest BCUT2D eigenvalue weighted by molar-refractivity contribution is -0.135. The van der Waals surface area contributed by atoms with Gasteiger partial charge in [-0.25, -0.2) is 0 Å². The molecule has 3 aliphatic rings. The molecule has 0 unspecified atom stereocenters. The topological polar surface area (TPSA) is 70.2 Å². The smallest absolute Gasteiger partial charge is 0.260 e. The van der Waals surface area contributed by atoms with Crippen LogP contribution in [-0.4, -0.2) is 60.4 Å². The van der Waals surface area contributed by atoms with Gasteiger partial charge >= 0.3 is 0 Å². The number of hydrogen-bond acceptors (Lipinski definition) is 4. The molecule has 3 heterocycles. The van der Waals surface area contributed by atoms with Gasteiger partial charge < -0.3 is 14.5 Å². The second-order valence-corrected chi connectivity index (χ2v) is 7.39. The molecule has 1 fully saturated rings. The number of hydrogen-bond donors (Lipinski definition) is 0. The van der Waals surface area contributed by atoms with E-state index in [-0.39, 0.29) is 30.7 Å². The zero-order valence-corrected chi connectivity index (χ0v) is 15.9. The van der Waals surface area contributed by atoms with Crippen molar-refractivity contribution in [2.75, 3.05) is 37.7 Å². The maximum Gasteiger partial charge on any atom is 0.260 e. The minimum absolute atomic E-state index is 0.00381. The molecule has 7 heteroatoms. The van der Waals surface area contributed by atoms with Crippen molar-refractivity contribution in [3.8, 4) is 0 Å². The summed E-state index contributed by atoms with van der Waals surface area (Å²) < 4.78 is 5.31. The highest BCUT2D eigenvalue weighted by molar-refractivity contribution is 6.16. The molecule has 0 radical (unpaired) electrons. The Bertz CT molecular complexity index is 999. The molecule has 0 aliphatic carbocycles. The average molecular weight is 391 g/mol. The predicted octanol–water partition coefficient (Wildman–Crippen LogP) is 2.05. The van der Waals surface area contributed by atoms with E-state index >= 15 is 0 Å². The largest absolute Gasteiger partial charge is 0.378 e. The number of anilines is 1. The van der Waals surface area contributed by atoms with Crippen molar-refractivity contribution in [1.29, 1.82) is 0 Å². The zero-order chi connectivity index (χ0) is 20.0. The summed E-state index contributed by atoms with van der Waals surface area (Å²) >= 11 is 0. The fourth-order valence-corrected chi connectivity index (χ4v) is 4.39. The van der Waals surface area contributed by atoms with E-state index in [4.69, 9.17) is 4.74 Å². The minimum atomic E-state index is -0.515. The van der Waals surface area contributed by atoms with E-state index < -0.39 is 6.17 Å². The van der Waals surface area contributed by atoms with E-state index in [1.807, 2.05) is 24.3 Å². The molecule has 29 heavy (non-hydrogen) atoms. The van der Waals surface area contributed by atoms with Crippen LogP contribution in [0.2, 0.25) is 0 Å². The van der Waals surface area contributed by atoms with Gasteiger partial charge in [0.25, 0.3) is 11.8 Å². The van der Waals surface area contributed by atoms with Gasteiger partial charge in [0.1, 0.15) is 6.17 Å². The number of ether oxygens (including phenoxy) is 1. The fraction of sp³-hybridized carbons (Fsp3) is 0.318. The molecule has 0 saturated carbocycles. The number of carbonyl (C=O) groups is 3. The lowest BCUT2D eigenvalue weighted by atomic mass is 10.0. The first-order valence-electron chi connectivity index (χ1n) is 9.85. The second-order valence-electron chi connectivity index (χ2n) is 7.39. The highest BCUT2D eigenvalue weighted by Crippen LogP contribution is 2.45. The number of morpholine rings is 1. The first-order valence-corrected chi connectivity index (χ1v) is 9.85. The molecule has 7 nitrogen and oxygen atoms in total. The van der Waals surface area contributed by atoms with Gasteiger partial charge in [-0.15, -0.1) is 0 Å². The van der Waals surface area contributed by atoms with Crippen molar-refractivity contribution in [3.05, 3.63) is 65.2 Å². The van der Waals surface area contributed by atoms with Crippen LogP contribution in [0.4, 0.5) is 5.69 Å². The highest BCUT2D eigenvalue weighted by atomic mass is 16.5. The summed E-state index contributed by atoms with van der Waals surface area (Å²) in [6.45, 7) is 2.49. The Labute approximate surface area is 168 Å². The molecular formula is C22H21N3O4. The number of fused-ring (bicyclic) bond motifs is 5. The van der Waals surface area contributed by atoms with E-state index in [2.05, 4.69) is 0 Å². The van der Waals surface area contributed by atoms with Gasteiger partial charge in [0, 0.05) is 37.2 Å². The normalized spacial score (nSPS) is 20.4. The van der Waals surface area contributed by atoms with Crippen molar-refractivity contribution in [3.63, 3.8) is 0 Å². The van der Waals surface area contributed by atoms with Crippen LogP contribution in [0.15, 0.2) is 48.5 Å². The summed E-state index contributed by atoms with van der Waals surface area (Å²) in [5.41, 5.74) is 2.52. The zero-order valence-electron chi connectivity index (χ0n) is 15.9. The Morgan fingerprint density at radius 3 is 2.41 bits per heavy atom. The van der Waals surface area contributed by atoms with Crippen LogP contribution in [0.1, 0.15) is 38.9 Å². The molecule has 3 aliphatic heterocycles. The highest BCUT2D eigenvalue weighted by Gasteiger charge is 2.47. The quantitative estimate of drug-likeness (QED) is 0.803. The third-order valence-corrected chi connectivity index (χ3v) is 5.81. The number of para-hydroxylation sites is 1. The molecule has 148 valence electrons. The Balaban J connectivity index is 1.48. The molecule has 5 rings (SSSR count). The maximum absolute atomic E-state index is 13.3. The van der Waals surface area contributed by atoms with E-state index in [1.54, 1.807) is 39.0 Å². The second kappa shape index (κ2) is 7.00. The molecule has 0 aromatic heterocycles. The first-order chi connectivity index (χ1) is 14.2. The van der Waals surface area contributed by atoms with Crippen molar-refractivity contribution in [2.45, 2.75) is 12.6 Å². The summed E-state index contributed by atoms with van der Waals surface area (Å²) in [5, 5.41) is 0. The van der Waals surface area contributed by atoms with Gasteiger partial charge in [-0.3, -0.25) is 19.3 Å². The summed E-state index contributed by atoms with van der Waals surface area (Å²) in [7, 11) is 0. The first kappa shape index (κ1) is 17.9. The third-order valence-electron chi connectivity index (χ3n) is 5.81. The van der Waals surface area contributed by atoms with E-state index in [9.17, 15) is 14.4 Å². The number of amides is 3. The average Bonchev–Trinajstić information content (AvgIpc) is 3.07. The standard InChI is InChI=1S/C22H21N3O4/c26-19(23-11-13-29-14-12-23)9-10-24-20-15-5-1-2-6-16(15)22(28)25(20)18-8-4-3-7-17(18)21(24)27/h1-8,20H,9-14H2/t20-/m1/s1. The molecule has 1 saturated heterocycles. The Morgan fingerprint density at radius 1 is 0.931 bits per heavy atom. The van der Waals surface area contributed by atoms with Crippen LogP contribution in [0, 0.1) is 0 Å². The number of nitrogens with zero attached hydrogens (tertiary/aromatic N) is 3. The monoisotopic (exact) mass is 391 g/mol. The van der Waals surface area contributed by atoms with Gasteiger partial charge in [0.15, 0.2) is 0 Å². The van der Waals surface area contributed by atoms with Crippen LogP contribution in [-0.2, 0) is 9.53 Å². The molecule has 0 spiro atoms. The van der Waals surface area contributed by atoms with Gasteiger partial charge in [-0.2, -0.15) is 0 Å². The van der Waals surface area contributed by atoms with E-state index in [1.165, 1.54) is 0 Å². The molecule has 1 atom stereocenters. The van der Waals surface area contributed by atoms with Crippen molar-refractivity contribution >= 4 is 23.4 Å². The summed E-state index contributed by atoms with van der Waals surface area (Å²) in [6, 6.07) is 14.5. The Morgan fingerprint density at radius 2 is 1.62 bits per heavy atom. The number of carbonyl (C=O) groups excluding carboxylic acids is 3. The SMILES string of the molecule is O=C(CCN1C(=O)c2ccccc2N2C(=O)c3ccccc3[C@H]12)N1CCOCC1. The molecule has 2 aromatic rings. The number of rotatable bonds is 3. The van der Waals surface area contributed by atoms with Crippen molar-refractivity contribution in [1.82, 2.24) is 9.80 Å². The van der Waals surface area contributed by atoms with Crippen LogP contribution >= 0.6 is 0 Å². The minimum Gasteiger partial charge on any atom is -0.378 e. The fourth-order valence-electron chi connectivity index (χ4n) is 4.39. The Kier molecular flexibility index (Phi) is 4.32. The van der Waals surface area contributed by atoms with Crippen LogP contribution in [0.5, 0.6) is 0 Å². The summed E-state index contributed by atoms with van der Waals surface area (Å²) in [6.07, 6.45) is -0.298. The molecule has 0 N–H and O–H groups in total. The van der Waals surface area contributed by atoms with Gasteiger partial charge in [0.2, 0.25) is 5.91 Å². The maximum atomic E-state index is 13.3. The summed E-state index contributed by atoms with van der Waals surface area (Å²) in [4.78, 5) is 44.2. The van der Waals surface area contributed by atoms with Crippen molar-refractivity contribution < 1.29 is 19.1 Å². The van der Waals surface area contributed by atoms with Crippen LogP contribution in [0.25, 0.3) is 0 Å².